The maximum atomic E-state index is 13.8. The molecule has 1 fully saturated rings. The molecule has 1 atom stereocenters. The van der Waals surface area contributed by atoms with Gasteiger partial charge in [-0.1, -0.05) is 12.1 Å². The number of alkyl halides is 2. The number of benzene rings is 1. The molecule has 0 bridgehead atoms. The molecule has 4 heteroatoms. The van der Waals surface area contributed by atoms with Gasteiger partial charge < -0.3 is 5.32 Å². The van der Waals surface area contributed by atoms with Crippen molar-refractivity contribution in [3.63, 3.8) is 0 Å². The van der Waals surface area contributed by atoms with Crippen LogP contribution in [0, 0.1) is 5.82 Å². The second-order valence-electron chi connectivity index (χ2n) is 3.78. The van der Waals surface area contributed by atoms with Gasteiger partial charge in [-0.15, -0.1) is 0 Å². The van der Waals surface area contributed by atoms with Crippen LogP contribution in [0.5, 0.6) is 0 Å². The van der Waals surface area contributed by atoms with Crippen molar-refractivity contribution in [3.8, 4) is 0 Å². The Kier molecular flexibility index (Phi) is 2.69. The zero-order chi connectivity index (χ0) is 10.9. The third-order valence-electron chi connectivity index (χ3n) is 2.71. The van der Waals surface area contributed by atoms with Crippen molar-refractivity contribution in [3.05, 3.63) is 35.6 Å². The van der Waals surface area contributed by atoms with Crippen molar-refractivity contribution in [1.29, 1.82) is 0 Å². The van der Waals surface area contributed by atoms with E-state index in [4.69, 9.17) is 0 Å². The van der Waals surface area contributed by atoms with Gasteiger partial charge in [0.15, 0.2) is 0 Å². The summed E-state index contributed by atoms with van der Waals surface area (Å²) in [5, 5.41) is 2.74. The number of hydrogen-bond donors (Lipinski definition) is 1. The average molecular weight is 215 g/mol. The van der Waals surface area contributed by atoms with Gasteiger partial charge >= 0.3 is 0 Å². The summed E-state index contributed by atoms with van der Waals surface area (Å²) in [6.45, 7) is 0.607. The maximum Gasteiger partial charge on any atom is 0.288 e. The monoisotopic (exact) mass is 215 g/mol. The second kappa shape index (κ2) is 3.85. The molecule has 1 aromatic rings. The highest BCUT2D eigenvalue weighted by Crippen LogP contribution is 2.35. The zero-order valence-corrected chi connectivity index (χ0v) is 8.14. The van der Waals surface area contributed by atoms with Crippen LogP contribution in [0.3, 0.4) is 0 Å². The Morgan fingerprint density at radius 3 is 2.73 bits per heavy atom. The van der Waals surface area contributed by atoms with Crippen LogP contribution in [-0.2, 0) is 5.92 Å². The van der Waals surface area contributed by atoms with Crippen LogP contribution in [0.25, 0.3) is 0 Å². The van der Waals surface area contributed by atoms with Gasteiger partial charge in [-0.3, -0.25) is 0 Å². The van der Waals surface area contributed by atoms with Crippen LogP contribution in [-0.4, -0.2) is 12.6 Å². The van der Waals surface area contributed by atoms with Gasteiger partial charge in [-0.2, -0.15) is 8.78 Å². The van der Waals surface area contributed by atoms with Crippen molar-refractivity contribution < 1.29 is 13.2 Å². The Hall–Kier alpha value is -1.03. The van der Waals surface area contributed by atoms with E-state index in [0.29, 0.717) is 13.0 Å². The summed E-state index contributed by atoms with van der Waals surface area (Å²) >= 11 is 0. The molecule has 0 amide bonds. The fraction of sp³-hybridized carbons (Fsp3) is 0.455. The minimum absolute atomic E-state index is 0.248. The lowest BCUT2D eigenvalue weighted by atomic mass is 10.00. The Morgan fingerprint density at radius 2 is 2.13 bits per heavy atom. The van der Waals surface area contributed by atoms with E-state index in [9.17, 15) is 13.2 Å². The normalized spacial score (nSPS) is 21.9. The van der Waals surface area contributed by atoms with Crippen LogP contribution < -0.4 is 5.32 Å². The number of rotatable bonds is 2. The molecule has 1 aromatic carbocycles. The predicted octanol–water partition coefficient (Wildman–Crippen LogP) is 2.67. The van der Waals surface area contributed by atoms with E-state index in [1.807, 2.05) is 0 Å². The molecule has 0 saturated carbocycles. The van der Waals surface area contributed by atoms with Gasteiger partial charge in [-0.25, -0.2) is 4.39 Å². The molecule has 1 N–H and O–H groups in total. The van der Waals surface area contributed by atoms with E-state index in [-0.39, 0.29) is 5.56 Å². The van der Waals surface area contributed by atoms with E-state index < -0.39 is 17.8 Å². The summed E-state index contributed by atoms with van der Waals surface area (Å²) in [7, 11) is 0. The molecule has 0 radical (unpaired) electrons. The number of hydrogen-bond acceptors (Lipinski definition) is 1. The van der Waals surface area contributed by atoms with Crippen molar-refractivity contribution in [2.75, 3.05) is 6.54 Å². The molecule has 2 rings (SSSR count). The second-order valence-corrected chi connectivity index (χ2v) is 3.78. The van der Waals surface area contributed by atoms with Crippen LogP contribution in [0.4, 0.5) is 13.2 Å². The summed E-state index contributed by atoms with van der Waals surface area (Å²) < 4.78 is 40.5. The van der Waals surface area contributed by atoms with E-state index >= 15 is 0 Å². The quantitative estimate of drug-likeness (QED) is 0.799. The lowest BCUT2D eigenvalue weighted by Gasteiger charge is -2.23. The highest BCUT2D eigenvalue weighted by Gasteiger charge is 2.42. The summed E-state index contributed by atoms with van der Waals surface area (Å²) in [6, 6.07) is 3.79. The highest BCUT2D eigenvalue weighted by molar-refractivity contribution is 5.23. The van der Waals surface area contributed by atoms with E-state index in [0.717, 1.165) is 12.5 Å². The zero-order valence-electron chi connectivity index (χ0n) is 8.14. The molecule has 1 nitrogen and oxygen atoms in total. The van der Waals surface area contributed by atoms with E-state index in [2.05, 4.69) is 5.32 Å². The molecule has 1 aliphatic heterocycles. The first kappa shape index (κ1) is 10.5. The van der Waals surface area contributed by atoms with Crippen LogP contribution in [0.1, 0.15) is 18.4 Å². The summed E-state index contributed by atoms with van der Waals surface area (Å²) in [5.41, 5.74) is -0.248. The molecule has 1 heterocycles. The molecular weight excluding hydrogens is 203 g/mol. The molecule has 82 valence electrons. The first-order valence-electron chi connectivity index (χ1n) is 4.98. The fourth-order valence-corrected chi connectivity index (χ4v) is 1.89. The third-order valence-corrected chi connectivity index (χ3v) is 2.71. The Morgan fingerprint density at radius 1 is 1.33 bits per heavy atom. The molecule has 1 aliphatic rings. The highest BCUT2D eigenvalue weighted by atomic mass is 19.3. The van der Waals surface area contributed by atoms with Crippen molar-refractivity contribution in [1.82, 2.24) is 5.32 Å². The van der Waals surface area contributed by atoms with Gasteiger partial charge in [0.05, 0.1) is 6.04 Å². The average Bonchev–Trinajstić information content (AvgIpc) is 2.71. The van der Waals surface area contributed by atoms with Gasteiger partial charge in [0, 0.05) is 5.56 Å². The maximum absolute atomic E-state index is 13.8. The minimum Gasteiger partial charge on any atom is -0.308 e. The lowest BCUT2D eigenvalue weighted by Crippen LogP contribution is -2.38. The van der Waals surface area contributed by atoms with Crippen LogP contribution >= 0.6 is 0 Å². The summed E-state index contributed by atoms with van der Waals surface area (Å²) in [6.07, 6.45) is 1.18. The summed E-state index contributed by atoms with van der Waals surface area (Å²) in [4.78, 5) is 0. The molecule has 0 aromatic heterocycles. The largest absolute Gasteiger partial charge is 0.308 e. The van der Waals surface area contributed by atoms with Gasteiger partial charge in [0.2, 0.25) is 0 Å². The Balaban J connectivity index is 2.27. The third kappa shape index (κ3) is 2.00. The predicted molar refractivity (Wildman–Crippen MR) is 51.3 cm³/mol. The van der Waals surface area contributed by atoms with Gasteiger partial charge in [0.25, 0.3) is 5.92 Å². The lowest BCUT2D eigenvalue weighted by molar-refractivity contribution is -0.0378. The van der Waals surface area contributed by atoms with Crippen LogP contribution in [0.15, 0.2) is 24.3 Å². The molecule has 1 saturated heterocycles. The molecule has 0 aliphatic carbocycles. The first-order valence-corrected chi connectivity index (χ1v) is 4.98. The summed E-state index contributed by atoms with van der Waals surface area (Å²) in [5.74, 6) is -3.61. The van der Waals surface area contributed by atoms with Crippen molar-refractivity contribution in [2.45, 2.75) is 24.8 Å². The van der Waals surface area contributed by atoms with E-state index in [1.165, 1.54) is 18.2 Å². The van der Waals surface area contributed by atoms with E-state index in [1.54, 1.807) is 0 Å². The number of halogens is 3. The molecular formula is C11H12F3N. The Labute approximate surface area is 86.3 Å². The topological polar surface area (TPSA) is 12.0 Å². The fourth-order valence-electron chi connectivity index (χ4n) is 1.89. The smallest absolute Gasteiger partial charge is 0.288 e. The van der Waals surface area contributed by atoms with Gasteiger partial charge in [-0.05, 0) is 31.5 Å². The van der Waals surface area contributed by atoms with Gasteiger partial charge in [0.1, 0.15) is 5.82 Å². The SMILES string of the molecule is Fc1cccc(C(F)(F)C2CCCN2)c1. The number of nitrogens with one attached hydrogen (secondary N) is 1. The Bertz CT molecular complexity index is 345. The minimum atomic E-state index is -2.99. The molecule has 0 spiro atoms. The molecule has 1 unspecified atom stereocenters. The van der Waals surface area contributed by atoms with Crippen molar-refractivity contribution in [2.24, 2.45) is 0 Å². The molecule has 15 heavy (non-hydrogen) atoms. The first-order chi connectivity index (χ1) is 7.10. The standard InChI is InChI=1S/C11H12F3N/c12-9-4-1-3-8(7-9)11(13,14)10-5-2-6-15-10/h1,3-4,7,10,15H,2,5-6H2. The van der Waals surface area contributed by atoms with Crippen molar-refractivity contribution >= 4 is 0 Å². The van der Waals surface area contributed by atoms with Crippen LogP contribution in [0.2, 0.25) is 0 Å².